The van der Waals surface area contributed by atoms with E-state index in [9.17, 15) is 0 Å². The first-order valence-corrected chi connectivity index (χ1v) is 8.87. The van der Waals surface area contributed by atoms with Crippen LogP contribution in [0.15, 0.2) is 36.5 Å². The fraction of sp³-hybridized carbons (Fsp3) is 0.381. The Morgan fingerprint density at radius 3 is 2.92 bits per heavy atom. The molecule has 2 aliphatic rings. The van der Waals surface area contributed by atoms with E-state index in [1.807, 2.05) is 6.20 Å². The molecule has 2 aromatic rings. The summed E-state index contributed by atoms with van der Waals surface area (Å²) in [5.41, 5.74) is 6.04. The van der Waals surface area contributed by atoms with Gasteiger partial charge in [0.2, 0.25) is 0 Å². The monoisotopic (exact) mass is 320 g/mol. The number of benzene rings is 1. The van der Waals surface area contributed by atoms with Crippen molar-refractivity contribution in [3.8, 4) is 17.0 Å². The van der Waals surface area contributed by atoms with Crippen LogP contribution in [0.2, 0.25) is 0 Å². The molecule has 1 fully saturated rings. The summed E-state index contributed by atoms with van der Waals surface area (Å²) in [6.45, 7) is 2.29. The molecule has 1 aromatic carbocycles. The van der Waals surface area contributed by atoms with Crippen molar-refractivity contribution in [3.05, 3.63) is 53.2 Å². The molecule has 0 atom stereocenters. The lowest BCUT2D eigenvalue weighted by Crippen LogP contribution is -2.28. The maximum Gasteiger partial charge on any atom is 0.128 e. The van der Waals surface area contributed by atoms with E-state index in [0.717, 1.165) is 48.9 Å². The summed E-state index contributed by atoms with van der Waals surface area (Å²) in [4.78, 5) is 4.64. The average Bonchev–Trinajstić information content (AvgIpc) is 3.10. The quantitative estimate of drug-likeness (QED) is 0.928. The highest BCUT2D eigenvalue weighted by atomic mass is 16.5. The standard InChI is InChI=1S/C21H24N2O/c1-24-21-12-16(11-15-7-9-22-10-8-15)5-6-19(21)20-13-17-3-2-4-18(17)14-23-20/h2,4-6,12-15,22H,3,7-11H2,1H3. The molecule has 0 spiro atoms. The van der Waals surface area contributed by atoms with Crippen molar-refractivity contribution in [2.45, 2.75) is 25.7 Å². The van der Waals surface area contributed by atoms with Crippen molar-refractivity contribution >= 4 is 6.08 Å². The number of ether oxygens (including phenoxy) is 1. The lowest BCUT2D eigenvalue weighted by atomic mass is 9.90. The van der Waals surface area contributed by atoms with E-state index in [-0.39, 0.29) is 0 Å². The predicted octanol–water partition coefficient (Wildman–Crippen LogP) is 3.87. The van der Waals surface area contributed by atoms with Gasteiger partial charge in [-0.05, 0) is 79.6 Å². The highest BCUT2D eigenvalue weighted by Gasteiger charge is 2.16. The average molecular weight is 320 g/mol. The van der Waals surface area contributed by atoms with Gasteiger partial charge >= 0.3 is 0 Å². The number of hydrogen-bond acceptors (Lipinski definition) is 3. The van der Waals surface area contributed by atoms with Gasteiger partial charge in [-0.1, -0.05) is 18.2 Å². The van der Waals surface area contributed by atoms with Gasteiger partial charge in [-0.2, -0.15) is 0 Å². The minimum atomic E-state index is 0.783. The highest BCUT2D eigenvalue weighted by molar-refractivity contribution is 5.71. The van der Waals surface area contributed by atoms with E-state index >= 15 is 0 Å². The van der Waals surface area contributed by atoms with Crippen LogP contribution in [-0.4, -0.2) is 25.2 Å². The van der Waals surface area contributed by atoms with Gasteiger partial charge in [0.15, 0.2) is 0 Å². The number of hydrogen-bond donors (Lipinski definition) is 1. The molecular formula is C21H24N2O. The zero-order chi connectivity index (χ0) is 16.4. The molecule has 0 amide bonds. The van der Waals surface area contributed by atoms with Crippen LogP contribution in [-0.2, 0) is 12.8 Å². The van der Waals surface area contributed by atoms with Crippen LogP contribution >= 0.6 is 0 Å². The first-order chi connectivity index (χ1) is 11.8. The molecule has 1 N–H and O–H groups in total. The van der Waals surface area contributed by atoms with Gasteiger partial charge in [-0.3, -0.25) is 4.98 Å². The van der Waals surface area contributed by atoms with Crippen LogP contribution in [0.3, 0.4) is 0 Å². The third-order valence-corrected chi connectivity index (χ3v) is 5.18. The molecule has 1 aromatic heterocycles. The third kappa shape index (κ3) is 3.09. The van der Waals surface area contributed by atoms with Crippen LogP contribution in [0.25, 0.3) is 17.3 Å². The van der Waals surface area contributed by atoms with Crippen molar-refractivity contribution in [1.82, 2.24) is 10.3 Å². The second-order valence-corrected chi connectivity index (χ2v) is 6.81. The zero-order valence-electron chi connectivity index (χ0n) is 14.2. The minimum Gasteiger partial charge on any atom is -0.496 e. The first kappa shape index (κ1) is 15.4. The van der Waals surface area contributed by atoms with Crippen molar-refractivity contribution in [3.63, 3.8) is 0 Å². The molecule has 0 radical (unpaired) electrons. The smallest absolute Gasteiger partial charge is 0.128 e. The van der Waals surface area contributed by atoms with Crippen molar-refractivity contribution < 1.29 is 4.74 Å². The Labute approximate surface area is 143 Å². The lowest BCUT2D eigenvalue weighted by molar-refractivity contribution is 0.371. The van der Waals surface area contributed by atoms with Gasteiger partial charge in [0.25, 0.3) is 0 Å². The maximum atomic E-state index is 5.68. The fourth-order valence-electron chi connectivity index (χ4n) is 3.79. The number of fused-ring (bicyclic) bond motifs is 1. The second-order valence-electron chi connectivity index (χ2n) is 6.81. The topological polar surface area (TPSA) is 34.1 Å². The summed E-state index contributed by atoms with van der Waals surface area (Å²) in [5, 5.41) is 3.44. The normalized spacial score (nSPS) is 17.0. The van der Waals surface area contributed by atoms with Crippen LogP contribution in [0.1, 0.15) is 29.5 Å². The molecule has 2 heterocycles. The summed E-state index contributed by atoms with van der Waals surface area (Å²) in [5.74, 6) is 1.71. The molecule has 1 aliphatic heterocycles. The SMILES string of the molecule is COc1cc(CC2CCNCC2)ccc1-c1cc2c(cn1)C=CC2. The number of rotatable bonds is 4. The number of allylic oxidation sites excluding steroid dienone is 1. The van der Waals surface area contributed by atoms with E-state index in [1.54, 1.807) is 7.11 Å². The van der Waals surface area contributed by atoms with Gasteiger partial charge in [0.05, 0.1) is 12.8 Å². The van der Waals surface area contributed by atoms with E-state index in [2.05, 4.69) is 46.7 Å². The maximum absolute atomic E-state index is 5.68. The number of piperidine rings is 1. The Balaban J connectivity index is 1.59. The zero-order valence-corrected chi connectivity index (χ0v) is 14.2. The number of pyridine rings is 1. The first-order valence-electron chi connectivity index (χ1n) is 8.87. The molecular weight excluding hydrogens is 296 g/mol. The van der Waals surface area contributed by atoms with E-state index in [4.69, 9.17) is 4.74 Å². The Hall–Kier alpha value is -2.13. The van der Waals surface area contributed by atoms with Gasteiger partial charge in [0, 0.05) is 11.8 Å². The van der Waals surface area contributed by atoms with E-state index in [0.29, 0.717) is 0 Å². The summed E-state index contributed by atoms with van der Waals surface area (Å²) >= 11 is 0. The van der Waals surface area contributed by atoms with Gasteiger partial charge in [-0.15, -0.1) is 0 Å². The lowest BCUT2D eigenvalue weighted by Gasteiger charge is -2.23. The van der Waals surface area contributed by atoms with Crippen molar-refractivity contribution in [2.75, 3.05) is 20.2 Å². The van der Waals surface area contributed by atoms with E-state index < -0.39 is 0 Å². The Morgan fingerprint density at radius 1 is 1.21 bits per heavy atom. The Morgan fingerprint density at radius 2 is 2.08 bits per heavy atom. The predicted molar refractivity (Wildman–Crippen MR) is 98.3 cm³/mol. The van der Waals surface area contributed by atoms with Gasteiger partial charge in [0.1, 0.15) is 5.75 Å². The molecule has 0 saturated carbocycles. The largest absolute Gasteiger partial charge is 0.496 e. The molecule has 1 saturated heterocycles. The minimum absolute atomic E-state index is 0.783. The Kier molecular flexibility index (Phi) is 4.35. The molecule has 3 heteroatoms. The molecule has 1 aliphatic carbocycles. The van der Waals surface area contributed by atoms with Gasteiger partial charge < -0.3 is 10.1 Å². The van der Waals surface area contributed by atoms with Crippen LogP contribution < -0.4 is 10.1 Å². The number of methoxy groups -OCH3 is 1. The third-order valence-electron chi connectivity index (χ3n) is 5.18. The molecule has 0 unspecified atom stereocenters. The Bertz CT molecular complexity index is 760. The second kappa shape index (κ2) is 6.78. The number of aromatic nitrogens is 1. The van der Waals surface area contributed by atoms with Gasteiger partial charge in [-0.25, -0.2) is 0 Å². The number of nitrogens with zero attached hydrogens (tertiary/aromatic N) is 1. The molecule has 0 bridgehead atoms. The van der Waals surface area contributed by atoms with E-state index in [1.165, 1.54) is 29.5 Å². The molecule has 24 heavy (non-hydrogen) atoms. The summed E-state index contributed by atoms with van der Waals surface area (Å²) in [6, 6.07) is 8.81. The molecule has 3 nitrogen and oxygen atoms in total. The van der Waals surface area contributed by atoms with Crippen LogP contribution in [0.5, 0.6) is 5.75 Å². The summed E-state index contributed by atoms with van der Waals surface area (Å²) < 4.78 is 5.68. The van der Waals surface area contributed by atoms with Crippen LogP contribution in [0.4, 0.5) is 0 Å². The molecule has 124 valence electrons. The fourth-order valence-corrected chi connectivity index (χ4v) is 3.79. The molecule has 4 rings (SSSR count). The van der Waals surface area contributed by atoms with Crippen molar-refractivity contribution in [2.24, 2.45) is 5.92 Å². The summed E-state index contributed by atoms with van der Waals surface area (Å²) in [6.07, 6.45) is 11.0. The van der Waals surface area contributed by atoms with Crippen molar-refractivity contribution in [1.29, 1.82) is 0 Å². The highest BCUT2D eigenvalue weighted by Crippen LogP contribution is 2.33. The van der Waals surface area contributed by atoms with Crippen LogP contribution in [0, 0.1) is 5.92 Å². The summed E-state index contributed by atoms with van der Waals surface area (Å²) in [7, 11) is 1.75. The number of nitrogens with one attached hydrogen (secondary N) is 1.